The van der Waals surface area contributed by atoms with Crippen molar-refractivity contribution in [2.75, 3.05) is 6.61 Å². The number of ether oxygens (including phenoxy) is 1. The summed E-state index contributed by atoms with van der Waals surface area (Å²) in [7, 11) is 1.82. The van der Waals surface area contributed by atoms with Gasteiger partial charge >= 0.3 is 5.97 Å². The Balaban J connectivity index is 1.43. The third kappa shape index (κ3) is 2.05. The van der Waals surface area contributed by atoms with Crippen LogP contribution in [0.4, 0.5) is 0 Å². The fourth-order valence-electron chi connectivity index (χ4n) is 5.30. The molecule has 4 aliphatic rings. The largest absolute Gasteiger partial charge is 0.461 e. The molecule has 0 unspecified atom stereocenters. The lowest BCUT2D eigenvalue weighted by molar-refractivity contribution is -0.0848. The highest BCUT2D eigenvalue weighted by Crippen LogP contribution is 2.60. The van der Waals surface area contributed by atoms with Crippen molar-refractivity contribution in [3.63, 3.8) is 0 Å². The van der Waals surface area contributed by atoms with Crippen LogP contribution in [0.5, 0.6) is 0 Å². The van der Waals surface area contributed by atoms with Crippen LogP contribution in [0.3, 0.4) is 0 Å². The molecule has 4 fully saturated rings. The van der Waals surface area contributed by atoms with Gasteiger partial charge < -0.3 is 4.74 Å². The molecule has 20 heavy (non-hydrogen) atoms. The molecule has 4 nitrogen and oxygen atoms in total. The summed E-state index contributed by atoms with van der Waals surface area (Å²) in [4.78, 5) is 12.1. The molecule has 0 N–H and O–H groups in total. The van der Waals surface area contributed by atoms with Gasteiger partial charge in [-0.3, -0.25) is 4.68 Å². The Morgan fingerprint density at radius 2 is 1.90 bits per heavy atom. The summed E-state index contributed by atoms with van der Waals surface area (Å²) in [5.74, 6) is 2.49. The second-order valence-corrected chi connectivity index (χ2v) is 7.40. The molecule has 4 heteroatoms. The average Bonchev–Trinajstić information content (AvgIpc) is 2.81. The summed E-state index contributed by atoms with van der Waals surface area (Å²) < 4.78 is 7.27. The highest BCUT2D eigenvalue weighted by atomic mass is 16.5. The maximum absolute atomic E-state index is 12.1. The zero-order valence-electron chi connectivity index (χ0n) is 12.0. The third-order valence-electron chi connectivity index (χ3n) is 5.62. The van der Waals surface area contributed by atoms with Crippen LogP contribution in [0.1, 0.15) is 48.9 Å². The number of esters is 1. The number of aryl methyl sites for hydroxylation is 1. The Morgan fingerprint density at radius 1 is 1.30 bits per heavy atom. The molecule has 4 saturated carbocycles. The Hall–Kier alpha value is -1.32. The molecular weight excluding hydrogens is 252 g/mol. The molecule has 4 bridgehead atoms. The molecule has 1 aromatic heterocycles. The van der Waals surface area contributed by atoms with Crippen molar-refractivity contribution in [1.82, 2.24) is 9.78 Å². The van der Waals surface area contributed by atoms with Gasteiger partial charge in [0.05, 0.1) is 18.4 Å². The molecule has 0 atom stereocenters. The van der Waals surface area contributed by atoms with Crippen molar-refractivity contribution in [2.24, 2.45) is 30.2 Å². The highest BCUT2D eigenvalue weighted by molar-refractivity contribution is 5.88. The van der Waals surface area contributed by atoms with E-state index in [0.717, 1.165) is 17.8 Å². The number of hydrogen-bond donors (Lipinski definition) is 0. The van der Waals surface area contributed by atoms with Crippen molar-refractivity contribution in [3.8, 4) is 0 Å². The summed E-state index contributed by atoms with van der Waals surface area (Å²) in [6.45, 7) is 0.615. The molecule has 0 spiro atoms. The highest BCUT2D eigenvalue weighted by Gasteiger charge is 2.51. The van der Waals surface area contributed by atoms with Gasteiger partial charge in [-0.1, -0.05) is 0 Å². The number of aromatic nitrogens is 2. The Labute approximate surface area is 119 Å². The predicted octanol–water partition coefficient (Wildman–Crippen LogP) is 2.79. The lowest BCUT2D eigenvalue weighted by atomic mass is 9.50. The molecule has 1 aromatic rings. The normalized spacial score (nSPS) is 38.1. The predicted molar refractivity (Wildman–Crippen MR) is 74.1 cm³/mol. The van der Waals surface area contributed by atoms with Crippen molar-refractivity contribution >= 4 is 5.97 Å². The van der Waals surface area contributed by atoms with Crippen molar-refractivity contribution in [1.29, 1.82) is 0 Å². The average molecular weight is 274 g/mol. The van der Waals surface area contributed by atoms with Crippen LogP contribution >= 0.6 is 0 Å². The van der Waals surface area contributed by atoms with E-state index in [2.05, 4.69) is 5.10 Å². The maximum atomic E-state index is 12.1. The van der Waals surface area contributed by atoms with Crippen LogP contribution < -0.4 is 0 Å². The van der Waals surface area contributed by atoms with E-state index in [-0.39, 0.29) is 5.97 Å². The maximum Gasteiger partial charge on any atom is 0.341 e. The molecule has 108 valence electrons. The van der Waals surface area contributed by atoms with Gasteiger partial charge in [-0.05, 0) is 56.3 Å². The van der Waals surface area contributed by atoms with E-state index in [9.17, 15) is 4.79 Å². The van der Waals surface area contributed by atoms with E-state index in [1.165, 1.54) is 38.5 Å². The first-order valence-electron chi connectivity index (χ1n) is 7.78. The second-order valence-electron chi connectivity index (χ2n) is 7.40. The lowest BCUT2D eigenvalue weighted by Crippen LogP contribution is -2.48. The molecule has 0 aliphatic heterocycles. The van der Waals surface area contributed by atoms with Gasteiger partial charge in [0.25, 0.3) is 0 Å². The lowest BCUT2D eigenvalue weighted by Gasteiger charge is -2.56. The molecule has 0 amide bonds. The standard InChI is InChI=1S/C16H22N2O2/c1-18-9-14(8-17-18)15(19)20-10-16-5-11-2-12(6-16)4-13(3-11)7-16/h8-9,11-13H,2-7,10H2,1H3. The van der Waals surface area contributed by atoms with E-state index in [1.54, 1.807) is 17.1 Å². The molecular formula is C16H22N2O2. The van der Waals surface area contributed by atoms with E-state index >= 15 is 0 Å². The number of hydrogen-bond acceptors (Lipinski definition) is 3. The van der Waals surface area contributed by atoms with E-state index in [0.29, 0.717) is 17.6 Å². The van der Waals surface area contributed by atoms with Gasteiger partial charge in [0.1, 0.15) is 0 Å². The minimum atomic E-state index is -0.214. The molecule has 0 aromatic carbocycles. The summed E-state index contributed by atoms with van der Waals surface area (Å²) in [6, 6.07) is 0. The first-order valence-corrected chi connectivity index (χ1v) is 7.78. The van der Waals surface area contributed by atoms with E-state index < -0.39 is 0 Å². The SMILES string of the molecule is Cn1cc(C(=O)OCC23CC4CC(CC(C4)C2)C3)cn1. The van der Waals surface area contributed by atoms with Crippen molar-refractivity contribution in [2.45, 2.75) is 38.5 Å². The number of nitrogens with zero attached hydrogens (tertiary/aromatic N) is 2. The molecule has 0 saturated heterocycles. The van der Waals surface area contributed by atoms with Crippen LogP contribution in [0.2, 0.25) is 0 Å². The van der Waals surface area contributed by atoms with Gasteiger partial charge in [-0.15, -0.1) is 0 Å². The van der Waals surface area contributed by atoms with Gasteiger partial charge in [-0.2, -0.15) is 5.10 Å². The molecule has 0 radical (unpaired) electrons. The monoisotopic (exact) mass is 274 g/mol. The van der Waals surface area contributed by atoms with Crippen LogP contribution in [-0.4, -0.2) is 22.4 Å². The van der Waals surface area contributed by atoms with E-state index in [1.807, 2.05) is 7.05 Å². The second kappa shape index (κ2) is 4.34. The van der Waals surface area contributed by atoms with Crippen LogP contribution in [-0.2, 0) is 11.8 Å². The topological polar surface area (TPSA) is 44.1 Å². The summed E-state index contributed by atoms with van der Waals surface area (Å²) in [6.07, 6.45) is 11.4. The summed E-state index contributed by atoms with van der Waals surface area (Å²) in [5.41, 5.74) is 0.865. The van der Waals surface area contributed by atoms with Gasteiger partial charge in [0, 0.05) is 18.7 Å². The van der Waals surface area contributed by atoms with Crippen LogP contribution in [0, 0.1) is 23.2 Å². The minimum Gasteiger partial charge on any atom is -0.461 e. The zero-order chi connectivity index (χ0) is 13.7. The molecule has 1 heterocycles. The van der Waals surface area contributed by atoms with Crippen LogP contribution in [0.15, 0.2) is 12.4 Å². The molecule has 5 rings (SSSR count). The summed E-state index contributed by atoms with van der Waals surface area (Å²) in [5, 5.41) is 4.03. The fraction of sp³-hybridized carbons (Fsp3) is 0.750. The van der Waals surface area contributed by atoms with Gasteiger partial charge in [-0.25, -0.2) is 4.79 Å². The number of carbonyl (C=O) groups is 1. The van der Waals surface area contributed by atoms with Crippen molar-refractivity contribution < 1.29 is 9.53 Å². The quantitative estimate of drug-likeness (QED) is 0.796. The third-order valence-corrected chi connectivity index (χ3v) is 5.62. The van der Waals surface area contributed by atoms with Crippen LogP contribution in [0.25, 0.3) is 0 Å². The fourth-order valence-corrected chi connectivity index (χ4v) is 5.30. The number of rotatable bonds is 3. The first-order chi connectivity index (χ1) is 9.62. The van der Waals surface area contributed by atoms with Crippen molar-refractivity contribution in [3.05, 3.63) is 18.0 Å². The first kappa shape index (κ1) is 12.4. The Bertz CT molecular complexity index is 499. The van der Waals surface area contributed by atoms with E-state index in [4.69, 9.17) is 4.74 Å². The minimum absolute atomic E-state index is 0.214. The molecule has 4 aliphatic carbocycles. The van der Waals surface area contributed by atoms with Gasteiger partial charge in [0.15, 0.2) is 0 Å². The Morgan fingerprint density at radius 3 is 2.40 bits per heavy atom. The zero-order valence-corrected chi connectivity index (χ0v) is 12.0. The summed E-state index contributed by atoms with van der Waals surface area (Å²) >= 11 is 0. The number of carbonyl (C=O) groups excluding carboxylic acids is 1. The Kier molecular flexibility index (Phi) is 2.69. The smallest absolute Gasteiger partial charge is 0.341 e. The van der Waals surface area contributed by atoms with Gasteiger partial charge in [0.2, 0.25) is 0 Å².